The van der Waals surface area contributed by atoms with E-state index in [4.69, 9.17) is 11.6 Å². The second-order valence-corrected chi connectivity index (χ2v) is 7.99. The molecule has 116 valence electrons. The van der Waals surface area contributed by atoms with Gasteiger partial charge in [-0.25, -0.2) is 12.8 Å². The molecule has 0 bridgehead atoms. The molecule has 1 aromatic carbocycles. The van der Waals surface area contributed by atoms with E-state index >= 15 is 0 Å². The molecule has 0 aliphatic carbocycles. The minimum Gasteiger partial charge on any atom is -0.506 e. The summed E-state index contributed by atoms with van der Waals surface area (Å²) >= 11 is 5.65. The van der Waals surface area contributed by atoms with Gasteiger partial charge in [0.15, 0.2) is 9.84 Å². The predicted molar refractivity (Wildman–Crippen MR) is 76.8 cm³/mol. The van der Waals surface area contributed by atoms with E-state index in [-0.39, 0.29) is 29.4 Å². The topological polar surface area (TPSA) is 74.7 Å². The number of benzene rings is 1. The zero-order chi connectivity index (χ0) is 15.8. The Morgan fingerprint density at radius 1 is 1.43 bits per heavy atom. The number of carbonyl (C=O) groups excluding carboxylic acids is 1. The van der Waals surface area contributed by atoms with Gasteiger partial charge in [0.1, 0.15) is 11.6 Å². The number of phenols is 1. The first-order chi connectivity index (χ1) is 9.72. The zero-order valence-corrected chi connectivity index (χ0v) is 12.9. The lowest BCUT2D eigenvalue weighted by molar-refractivity contribution is 0.0763. The summed E-state index contributed by atoms with van der Waals surface area (Å²) in [6, 6.07) is 1.80. The summed E-state index contributed by atoms with van der Waals surface area (Å²) < 4.78 is 37.0. The summed E-state index contributed by atoms with van der Waals surface area (Å²) in [4.78, 5) is 13.6. The smallest absolute Gasteiger partial charge is 0.257 e. The van der Waals surface area contributed by atoms with Crippen LogP contribution in [0.5, 0.6) is 5.75 Å². The monoisotopic (exact) mass is 335 g/mol. The molecular weight excluding hydrogens is 321 g/mol. The van der Waals surface area contributed by atoms with Crippen molar-refractivity contribution >= 4 is 27.3 Å². The number of rotatable bonds is 1. The Kier molecular flexibility index (Phi) is 4.43. The fraction of sp³-hybridized carbons (Fsp3) is 0.462. The number of hydrogen-bond donors (Lipinski definition) is 1. The molecule has 0 aromatic heterocycles. The molecular formula is C13H15ClFNO4S. The summed E-state index contributed by atoms with van der Waals surface area (Å²) in [5.74, 6) is -2.01. The van der Waals surface area contributed by atoms with Crippen LogP contribution in [0.1, 0.15) is 23.7 Å². The van der Waals surface area contributed by atoms with Gasteiger partial charge in [-0.05, 0) is 25.5 Å². The summed E-state index contributed by atoms with van der Waals surface area (Å²) in [5, 5.41) is 9.00. The number of sulfone groups is 1. The van der Waals surface area contributed by atoms with E-state index in [1.165, 1.54) is 4.90 Å². The summed E-state index contributed by atoms with van der Waals surface area (Å²) in [6.45, 7) is 1.84. The van der Waals surface area contributed by atoms with Crippen molar-refractivity contribution in [1.82, 2.24) is 4.90 Å². The van der Waals surface area contributed by atoms with Gasteiger partial charge in [-0.3, -0.25) is 4.79 Å². The van der Waals surface area contributed by atoms with Crippen molar-refractivity contribution in [3.05, 3.63) is 28.5 Å². The highest BCUT2D eigenvalue weighted by Crippen LogP contribution is 2.30. The maximum atomic E-state index is 13.3. The number of carbonyl (C=O) groups is 1. The third kappa shape index (κ3) is 3.29. The van der Waals surface area contributed by atoms with Gasteiger partial charge in [0.2, 0.25) is 0 Å². The number of phenolic OH excluding ortho intramolecular Hbond substituents is 1. The first-order valence-corrected chi connectivity index (χ1v) is 8.50. The molecule has 21 heavy (non-hydrogen) atoms. The van der Waals surface area contributed by atoms with Gasteiger partial charge in [0, 0.05) is 13.1 Å². The second kappa shape index (κ2) is 5.81. The van der Waals surface area contributed by atoms with Crippen LogP contribution in [0.25, 0.3) is 0 Å². The largest absolute Gasteiger partial charge is 0.506 e. The van der Waals surface area contributed by atoms with E-state index in [2.05, 4.69) is 0 Å². The Morgan fingerprint density at radius 2 is 2.10 bits per heavy atom. The molecule has 1 aliphatic rings. The van der Waals surface area contributed by atoms with E-state index < -0.39 is 32.6 Å². The van der Waals surface area contributed by atoms with Crippen LogP contribution in [0.3, 0.4) is 0 Å². The molecule has 8 heteroatoms. The number of halogens is 2. The van der Waals surface area contributed by atoms with Gasteiger partial charge < -0.3 is 10.0 Å². The third-order valence-electron chi connectivity index (χ3n) is 3.61. The fourth-order valence-corrected chi connectivity index (χ4v) is 3.72. The Morgan fingerprint density at radius 3 is 2.76 bits per heavy atom. The standard InChI is InChI=1S/C13H15ClFNO4S/c1-8-2-3-16(4-5-21(8,19)20)13(18)10-6-9(15)7-11(14)12(10)17/h6-8,17H,2-5H2,1H3/t8-/m1/s1. The van der Waals surface area contributed by atoms with Gasteiger partial charge in [0.05, 0.1) is 21.6 Å². The first kappa shape index (κ1) is 16.0. The Balaban J connectivity index is 2.29. The number of nitrogens with zero attached hydrogens (tertiary/aromatic N) is 1. The Labute approximate surface area is 127 Å². The van der Waals surface area contributed by atoms with Crippen LogP contribution in [0.4, 0.5) is 4.39 Å². The van der Waals surface area contributed by atoms with Crippen molar-refractivity contribution in [3.63, 3.8) is 0 Å². The molecule has 1 N–H and O–H groups in total. The van der Waals surface area contributed by atoms with E-state index in [0.29, 0.717) is 6.42 Å². The molecule has 1 atom stereocenters. The zero-order valence-electron chi connectivity index (χ0n) is 11.3. The molecule has 5 nitrogen and oxygen atoms in total. The fourth-order valence-electron chi connectivity index (χ4n) is 2.17. The summed E-state index contributed by atoms with van der Waals surface area (Å²) in [6.07, 6.45) is 0.303. The second-order valence-electron chi connectivity index (χ2n) is 5.04. The van der Waals surface area contributed by atoms with Gasteiger partial charge >= 0.3 is 0 Å². The molecule has 1 amide bonds. The normalized spacial score (nSPS) is 21.9. The molecule has 0 saturated carbocycles. The highest BCUT2D eigenvalue weighted by Gasteiger charge is 2.30. The number of amides is 1. The molecule has 1 heterocycles. The van der Waals surface area contributed by atoms with Crippen molar-refractivity contribution in [1.29, 1.82) is 0 Å². The molecule has 0 unspecified atom stereocenters. The van der Waals surface area contributed by atoms with Gasteiger partial charge in [-0.15, -0.1) is 0 Å². The lowest BCUT2D eigenvalue weighted by Gasteiger charge is -2.20. The first-order valence-electron chi connectivity index (χ1n) is 6.41. The van der Waals surface area contributed by atoms with E-state index in [9.17, 15) is 22.7 Å². The molecule has 2 rings (SSSR count). The molecule has 1 aliphatic heterocycles. The maximum Gasteiger partial charge on any atom is 0.257 e. The minimum absolute atomic E-state index is 0.0130. The van der Waals surface area contributed by atoms with Crippen LogP contribution in [-0.4, -0.2) is 48.4 Å². The highest BCUT2D eigenvalue weighted by atomic mass is 35.5. The molecule has 0 radical (unpaired) electrons. The van der Waals surface area contributed by atoms with Crippen LogP contribution in [0.15, 0.2) is 12.1 Å². The predicted octanol–water partition coefficient (Wildman–Crippen LogP) is 1.83. The molecule has 1 aromatic rings. The molecule has 0 spiro atoms. The van der Waals surface area contributed by atoms with Gasteiger partial charge in [-0.2, -0.15) is 0 Å². The van der Waals surface area contributed by atoms with Gasteiger partial charge in [0.25, 0.3) is 5.91 Å². The third-order valence-corrected chi connectivity index (χ3v) is 6.11. The van der Waals surface area contributed by atoms with Crippen LogP contribution >= 0.6 is 11.6 Å². The number of aromatic hydroxyl groups is 1. The summed E-state index contributed by atoms with van der Waals surface area (Å²) in [5.41, 5.74) is -0.257. The molecule has 1 saturated heterocycles. The van der Waals surface area contributed by atoms with E-state index in [0.717, 1.165) is 12.1 Å². The average molecular weight is 336 g/mol. The molecule has 1 fully saturated rings. The lowest BCUT2D eigenvalue weighted by atomic mass is 10.1. The van der Waals surface area contributed by atoms with Crippen molar-refractivity contribution < 1.29 is 22.7 Å². The maximum absolute atomic E-state index is 13.3. The number of hydrogen-bond acceptors (Lipinski definition) is 4. The Hall–Kier alpha value is -1.34. The van der Waals surface area contributed by atoms with Crippen LogP contribution in [0, 0.1) is 5.82 Å². The SMILES string of the molecule is C[C@@H]1CCN(C(=O)c2cc(F)cc(Cl)c2O)CCS1(=O)=O. The van der Waals surface area contributed by atoms with Crippen molar-refractivity contribution in [2.75, 3.05) is 18.8 Å². The van der Waals surface area contributed by atoms with E-state index in [1.807, 2.05) is 0 Å². The van der Waals surface area contributed by atoms with Crippen molar-refractivity contribution in [2.45, 2.75) is 18.6 Å². The minimum atomic E-state index is -3.23. The Bertz CT molecular complexity index is 677. The van der Waals surface area contributed by atoms with Crippen molar-refractivity contribution in [3.8, 4) is 5.75 Å². The van der Waals surface area contributed by atoms with Crippen molar-refractivity contribution in [2.24, 2.45) is 0 Å². The van der Waals surface area contributed by atoms with Crippen LogP contribution in [-0.2, 0) is 9.84 Å². The van der Waals surface area contributed by atoms with E-state index in [1.54, 1.807) is 6.92 Å². The summed E-state index contributed by atoms with van der Waals surface area (Å²) in [7, 11) is -3.23. The quantitative estimate of drug-likeness (QED) is 0.849. The highest BCUT2D eigenvalue weighted by molar-refractivity contribution is 7.92. The lowest BCUT2D eigenvalue weighted by Crippen LogP contribution is -2.33. The van der Waals surface area contributed by atoms with Crippen LogP contribution in [0.2, 0.25) is 5.02 Å². The van der Waals surface area contributed by atoms with Gasteiger partial charge in [-0.1, -0.05) is 11.6 Å². The van der Waals surface area contributed by atoms with Crippen LogP contribution < -0.4 is 0 Å². The average Bonchev–Trinajstić information content (AvgIpc) is 2.53.